The molecule has 1 N–H and O–H groups in total. The van der Waals surface area contributed by atoms with E-state index in [2.05, 4.69) is 21.8 Å². The lowest BCUT2D eigenvalue weighted by atomic mass is 10.4. The minimum absolute atomic E-state index is 0.730. The Morgan fingerprint density at radius 1 is 1.57 bits per heavy atom. The van der Waals surface area contributed by atoms with Crippen LogP contribution in [-0.2, 0) is 6.54 Å². The van der Waals surface area contributed by atoms with Gasteiger partial charge >= 0.3 is 0 Å². The molecule has 2 unspecified atom stereocenters. The number of rotatable bonds is 4. The number of hydrogen-bond acceptors (Lipinski definition) is 2. The zero-order valence-electron chi connectivity index (χ0n) is 8.61. The van der Waals surface area contributed by atoms with Crippen molar-refractivity contribution in [1.29, 1.82) is 0 Å². The fraction of sp³-hybridized carbons (Fsp3) is 0.727. The van der Waals surface area contributed by atoms with Gasteiger partial charge in [-0.15, -0.1) is 0 Å². The largest absolute Gasteiger partial charge is 0.330 e. The Labute approximate surface area is 84.5 Å². The molecule has 0 spiro atoms. The summed E-state index contributed by atoms with van der Waals surface area (Å²) in [5, 5.41) is 3.54. The van der Waals surface area contributed by atoms with Gasteiger partial charge in [0.25, 0.3) is 0 Å². The van der Waals surface area contributed by atoms with Crippen molar-refractivity contribution in [1.82, 2.24) is 14.9 Å². The van der Waals surface area contributed by atoms with Gasteiger partial charge in [-0.25, -0.2) is 4.98 Å². The highest BCUT2D eigenvalue weighted by Gasteiger charge is 2.35. The van der Waals surface area contributed by atoms with E-state index >= 15 is 0 Å². The molecule has 0 amide bonds. The molecule has 1 heterocycles. The lowest BCUT2D eigenvalue weighted by Gasteiger charge is -2.07. The fourth-order valence-electron chi connectivity index (χ4n) is 1.99. The summed E-state index contributed by atoms with van der Waals surface area (Å²) < 4.78 is 2.35. The number of aromatic nitrogens is 2. The molecule has 2 aliphatic rings. The molecule has 0 saturated heterocycles. The van der Waals surface area contributed by atoms with Crippen LogP contribution in [0.4, 0.5) is 0 Å². The highest BCUT2D eigenvalue weighted by Crippen LogP contribution is 2.43. The van der Waals surface area contributed by atoms with E-state index in [1.54, 1.807) is 0 Å². The summed E-state index contributed by atoms with van der Waals surface area (Å²) in [6.07, 6.45) is 8.02. The molecule has 0 bridgehead atoms. The maximum Gasteiger partial charge on any atom is 0.0951 e. The lowest BCUT2D eigenvalue weighted by Crippen LogP contribution is -2.17. The first-order valence-corrected chi connectivity index (χ1v) is 5.58. The number of nitrogens with zero attached hydrogens (tertiary/aromatic N) is 2. The third-order valence-electron chi connectivity index (χ3n) is 3.32. The number of nitrogens with one attached hydrogen (secondary N) is 1. The molecule has 2 saturated carbocycles. The average Bonchev–Trinajstić information content (AvgIpc) is 3.07. The molecule has 0 aromatic carbocycles. The van der Waals surface area contributed by atoms with Gasteiger partial charge in [-0.3, -0.25) is 0 Å². The standard InChI is InChI=1S/C11H17N3/c1-8-4-11(8)14-7-12-5-10(14)6-13-9-2-3-9/h5,7-9,11,13H,2-4,6H2,1H3. The van der Waals surface area contributed by atoms with Crippen LogP contribution in [0.2, 0.25) is 0 Å². The van der Waals surface area contributed by atoms with Crippen LogP contribution in [0.5, 0.6) is 0 Å². The van der Waals surface area contributed by atoms with Gasteiger partial charge in [0.2, 0.25) is 0 Å². The van der Waals surface area contributed by atoms with Crippen LogP contribution in [0.15, 0.2) is 12.5 Å². The molecule has 3 heteroatoms. The predicted molar refractivity (Wildman–Crippen MR) is 54.9 cm³/mol. The third kappa shape index (κ3) is 1.57. The van der Waals surface area contributed by atoms with Gasteiger partial charge in [-0.1, -0.05) is 6.92 Å². The molecule has 3 rings (SSSR count). The quantitative estimate of drug-likeness (QED) is 0.785. The maximum atomic E-state index is 4.24. The van der Waals surface area contributed by atoms with Crippen molar-refractivity contribution in [2.75, 3.05) is 0 Å². The summed E-state index contributed by atoms with van der Waals surface area (Å²) in [6.45, 7) is 3.30. The second-order valence-corrected chi connectivity index (χ2v) is 4.73. The van der Waals surface area contributed by atoms with Crippen molar-refractivity contribution in [3.8, 4) is 0 Å². The van der Waals surface area contributed by atoms with Gasteiger partial charge in [0.05, 0.1) is 12.0 Å². The first-order chi connectivity index (χ1) is 6.84. The van der Waals surface area contributed by atoms with E-state index in [-0.39, 0.29) is 0 Å². The van der Waals surface area contributed by atoms with E-state index in [0.717, 1.165) is 24.5 Å². The Hall–Kier alpha value is -0.830. The van der Waals surface area contributed by atoms with Crippen molar-refractivity contribution >= 4 is 0 Å². The summed E-state index contributed by atoms with van der Waals surface area (Å²) >= 11 is 0. The first-order valence-electron chi connectivity index (χ1n) is 5.58. The van der Waals surface area contributed by atoms with Gasteiger partial charge in [0.1, 0.15) is 0 Å². The van der Waals surface area contributed by atoms with Crippen LogP contribution >= 0.6 is 0 Å². The molecule has 2 atom stereocenters. The normalized spacial score (nSPS) is 30.6. The van der Waals surface area contributed by atoms with Gasteiger partial charge in [0.15, 0.2) is 0 Å². The molecule has 0 aliphatic heterocycles. The van der Waals surface area contributed by atoms with Crippen LogP contribution in [0, 0.1) is 5.92 Å². The predicted octanol–water partition coefficient (Wildman–Crippen LogP) is 1.72. The monoisotopic (exact) mass is 191 g/mol. The van der Waals surface area contributed by atoms with E-state index in [4.69, 9.17) is 0 Å². The number of imidazole rings is 1. The molecule has 76 valence electrons. The molecule has 14 heavy (non-hydrogen) atoms. The van der Waals surface area contributed by atoms with Crippen LogP contribution in [0.25, 0.3) is 0 Å². The summed E-state index contributed by atoms with van der Waals surface area (Å²) in [5.74, 6) is 0.851. The Bertz CT molecular complexity index is 327. The van der Waals surface area contributed by atoms with Crippen molar-refractivity contribution < 1.29 is 0 Å². The summed E-state index contributed by atoms with van der Waals surface area (Å²) in [5.41, 5.74) is 1.35. The molecule has 1 aromatic rings. The van der Waals surface area contributed by atoms with Gasteiger partial charge in [0, 0.05) is 24.8 Å². The Kier molecular flexibility index (Phi) is 1.87. The zero-order valence-corrected chi connectivity index (χ0v) is 8.61. The van der Waals surface area contributed by atoms with Crippen LogP contribution < -0.4 is 5.32 Å². The highest BCUT2D eigenvalue weighted by atomic mass is 15.1. The maximum absolute atomic E-state index is 4.24. The van der Waals surface area contributed by atoms with Gasteiger partial charge in [-0.05, 0) is 25.2 Å². The van der Waals surface area contributed by atoms with Crippen molar-refractivity contribution in [3.63, 3.8) is 0 Å². The average molecular weight is 191 g/mol. The highest BCUT2D eigenvalue weighted by molar-refractivity contribution is 5.05. The van der Waals surface area contributed by atoms with E-state index in [1.807, 2.05) is 12.5 Å². The van der Waals surface area contributed by atoms with Crippen molar-refractivity contribution in [2.45, 2.75) is 44.8 Å². The van der Waals surface area contributed by atoms with Crippen LogP contribution in [0.1, 0.15) is 37.9 Å². The summed E-state index contributed by atoms with van der Waals surface area (Å²) in [6, 6.07) is 1.52. The van der Waals surface area contributed by atoms with E-state index < -0.39 is 0 Å². The van der Waals surface area contributed by atoms with E-state index in [0.29, 0.717) is 0 Å². The second kappa shape index (κ2) is 3.09. The molecule has 2 fully saturated rings. The molecule has 2 aliphatic carbocycles. The van der Waals surface area contributed by atoms with Crippen LogP contribution in [0.3, 0.4) is 0 Å². The Morgan fingerprint density at radius 3 is 3.00 bits per heavy atom. The molecular weight excluding hydrogens is 174 g/mol. The molecule has 3 nitrogen and oxygen atoms in total. The smallest absolute Gasteiger partial charge is 0.0951 e. The second-order valence-electron chi connectivity index (χ2n) is 4.73. The van der Waals surface area contributed by atoms with Gasteiger partial charge < -0.3 is 9.88 Å². The minimum atomic E-state index is 0.730. The molecule has 0 radical (unpaired) electrons. The third-order valence-corrected chi connectivity index (χ3v) is 3.32. The van der Waals surface area contributed by atoms with E-state index in [9.17, 15) is 0 Å². The van der Waals surface area contributed by atoms with Crippen molar-refractivity contribution in [3.05, 3.63) is 18.2 Å². The lowest BCUT2D eigenvalue weighted by molar-refractivity contribution is 0.600. The summed E-state index contributed by atoms with van der Waals surface area (Å²) in [7, 11) is 0. The van der Waals surface area contributed by atoms with Gasteiger partial charge in [-0.2, -0.15) is 0 Å². The minimum Gasteiger partial charge on any atom is -0.330 e. The molecule has 1 aromatic heterocycles. The summed E-state index contributed by atoms with van der Waals surface area (Å²) in [4.78, 5) is 4.24. The SMILES string of the molecule is CC1CC1n1cncc1CNC1CC1. The Morgan fingerprint density at radius 2 is 2.36 bits per heavy atom. The zero-order chi connectivity index (χ0) is 9.54. The van der Waals surface area contributed by atoms with Crippen LogP contribution in [-0.4, -0.2) is 15.6 Å². The molecular formula is C11H17N3. The van der Waals surface area contributed by atoms with E-state index in [1.165, 1.54) is 25.0 Å². The van der Waals surface area contributed by atoms with Crippen molar-refractivity contribution in [2.24, 2.45) is 5.92 Å². The number of hydrogen-bond donors (Lipinski definition) is 1. The Balaban J connectivity index is 1.66. The first kappa shape index (κ1) is 8.48. The fourth-order valence-corrected chi connectivity index (χ4v) is 1.99. The topological polar surface area (TPSA) is 29.9 Å².